The van der Waals surface area contributed by atoms with E-state index in [1.807, 2.05) is 42.3 Å². The normalized spacial score (nSPS) is 14.5. The number of nitrogens with one attached hydrogen (secondary N) is 1. The van der Waals surface area contributed by atoms with Crippen LogP contribution >= 0.6 is 0 Å². The largest absolute Gasteiger partial charge is 0.495 e. The molecule has 0 saturated carbocycles. The molecule has 9 nitrogen and oxygen atoms in total. The number of nitrogens with zero attached hydrogens (tertiary/aromatic N) is 3. The summed E-state index contributed by atoms with van der Waals surface area (Å²) < 4.78 is 11.4. The lowest BCUT2D eigenvalue weighted by molar-refractivity contribution is -0.384. The molecule has 34 heavy (non-hydrogen) atoms. The molecule has 9 heteroatoms. The van der Waals surface area contributed by atoms with E-state index < -0.39 is 10.8 Å². The summed E-state index contributed by atoms with van der Waals surface area (Å²) in [5.74, 6) is -0.00209. The van der Waals surface area contributed by atoms with Crippen molar-refractivity contribution in [3.05, 3.63) is 70.3 Å². The molecule has 1 saturated heterocycles. The lowest BCUT2D eigenvalue weighted by Gasteiger charge is -2.33. The van der Waals surface area contributed by atoms with E-state index in [0.717, 1.165) is 29.4 Å². The number of amides is 1. The maximum atomic E-state index is 13.1. The highest BCUT2D eigenvalue weighted by Crippen LogP contribution is 2.37. The zero-order valence-corrected chi connectivity index (χ0v) is 18.9. The molecule has 0 atom stereocenters. The number of para-hydroxylation sites is 1. The number of furan rings is 1. The Morgan fingerprint density at radius 3 is 2.53 bits per heavy atom. The van der Waals surface area contributed by atoms with Gasteiger partial charge >= 0.3 is 0 Å². The van der Waals surface area contributed by atoms with Gasteiger partial charge in [-0.1, -0.05) is 18.2 Å². The average molecular weight is 460 g/mol. The van der Waals surface area contributed by atoms with Crippen molar-refractivity contribution >= 4 is 44.9 Å². The first kappa shape index (κ1) is 21.7. The van der Waals surface area contributed by atoms with E-state index >= 15 is 0 Å². The second-order valence-electron chi connectivity index (χ2n) is 8.35. The molecular weight excluding hydrogens is 436 g/mol. The van der Waals surface area contributed by atoms with E-state index in [4.69, 9.17) is 9.15 Å². The van der Waals surface area contributed by atoms with E-state index in [9.17, 15) is 14.9 Å². The van der Waals surface area contributed by atoms with Crippen LogP contribution < -0.4 is 15.0 Å². The Hall–Kier alpha value is -4.11. The smallest absolute Gasteiger partial charge is 0.293 e. The van der Waals surface area contributed by atoms with Gasteiger partial charge in [0.2, 0.25) is 0 Å². The first-order chi connectivity index (χ1) is 16.4. The summed E-state index contributed by atoms with van der Waals surface area (Å²) in [7, 11) is 3.55. The molecule has 4 aromatic rings. The number of ether oxygens (including phenoxy) is 1. The molecule has 1 amide bonds. The number of piperazine rings is 1. The number of anilines is 2. The Morgan fingerprint density at radius 2 is 1.79 bits per heavy atom. The summed E-state index contributed by atoms with van der Waals surface area (Å²) in [6, 6.07) is 15.8. The number of carbonyl (C=O) groups is 1. The van der Waals surface area contributed by atoms with Crippen molar-refractivity contribution in [1.82, 2.24) is 4.90 Å². The monoisotopic (exact) mass is 460 g/mol. The third-order valence-electron chi connectivity index (χ3n) is 6.23. The van der Waals surface area contributed by atoms with Crippen LogP contribution in [0.3, 0.4) is 0 Å². The van der Waals surface area contributed by atoms with Crippen LogP contribution in [-0.4, -0.2) is 56.1 Å². The van der Waals surface area contributed by atoms with Crippen molar-refractivity contribution in [2.75, 3.05) is 50.6 Å². The number of rotatable bonds is 5. The molecule has 5 rings (SSSR count). The van der Waals surface area contributed by atoms with Gasteiger partial charge < -0.3 is 24.3 Å². The molecule has 1 aliphatic rings. The molecule has 0 spiro atoms. The topological polar surface area (TPSA) is 101 Å². The van der Waals surface area contributed by atoms with Gasteiger partial charge in [0, 0.05) is 54.6 Å². The van der Waals surface area contributed by atoms with Crippen LogP contribution in [0.1, 0.15) is 10.4 Å². The van der Waals surface area contributed by atoms with Crippen LogP contribution in [0.15, 0.2) is 59.0 Å². The molecular formula is C25H24N4O5. The van der Waals surface area contributed by atoms with Crippen molar-refractivity contribution in [3.63, 3.8) is 0 Å². The highest BCUT2D eigenvalue weighted by molar-refractivity contribution is 6.10. The lowest BCUT2D eigenvalue weighted by Crippen LogP contribution is -2.44. The Balaban J connectivity index is 1.46. The Labute approximate surface area is 195 Å². The minimum Gasteiger partial charge on any atom is -0.495 e. The van der Waals surface area contributed by atoms with E-state index in [0.29, 0.717) is 35.8 Å². The van der Waals surface area contributed by atoms with Crippen molar-refractivity contribution in [2.24, 2.45) is 0 Å². The number of likely N-dealkylation sites (N-methyl/N-ethyl adjacent to an activating group) is 1. The van der Waals surface area contributed by atoms with Crippen LogP contribution in [0.25, 0.3) is 21.9 Å². The molecule has 0 aliphatic carbocycles. The van der Waals surface area contributed by atoms with Crippen LogP contribution in [0.4, 0.5) is 17.1 Å². The molecule has 1 fully saturated rings. The highest BCUT2D eigenvalue weighted by Gasteiger charge is 2.25. The maximum absolute atomic E-state index is 13.1. The predicted octanol–water partition coefficient (Wildman–Crippen LogP) is 4.51. The summed E-state index contributed by atoms with van der Waals surface area (Å²) >= 11 is 0. The number of hydrogen-bond acceptors (Lipinski definition) is 7. The number of nitro groups is 1. The SMILES string of the molecule is COc1cc2c(cc1NC(=O)c1ccc(N3CCN(C)CC3)c([N+](=O)[O-])c1)oc1ccccc12. The van der Waals surface area contributed by atoms with Gasteiger partial charge in [0.15, 0.2) is 0 Å². The third-order valence-corrected chi connectivity index (χ3v) is 6.23. The molecule has 3 aromatic carbocycles. The van der Waals surface area contributed by atoms with Crippen molar-refractivity contribution < 1.29 is 18.9 Å². The van der Waals surface area contributed by atoms with Gasteiger partial charge in [0.1, 0.15) is 22.6 Å². The Kier molecular flexibility index (Phi) is 5.54. The van der Waals surface area contributed by atoms with E-state index in [1.165, 1.54) is 13.2 Å². The standard InChI is InChI=1S/C25H24N4O5/c1-27-9-11-28(12-10-27)20-8-7-16(13-21(20)29(31)32)25(30)26-19-15-23-18(14-24(19)33-2)17-5-3-4-6-22(17)34-23/h3-8,13-15H,9-12H2,1-2H3,(H,26,30). The zero-order chi connectivity index (χ0) is 23.8. The van der Waals surface area contributed by atoms with E-state index in [2.05, 4.69) is 10.2 Å². The first-order valence-electron chi connectivity index (χ1n) is 11.0. The maximum Gasteiger partial charge on any atom is 0.293 e. The van der Waals surface area contributed by atoms with E-state index in [1.54, 1.807) is 18.2 Å². The minimum absolute atomic E-state index is 0.0862. The van der Waals surface area contributed by atoms with Crippen LogP contribution in [0, 0.1) is 10.1 Å². The van der Waals surface area contributed by atoms with Gasteiger partial charge in [-0.3, -0.25) is 14.9 Å². The summed E-state index contributed by atoms with van der Waals surface area (Å²) in [6.45, 7) is 3.03. The van der Waals surface area contributed by atoms with E-state index in [-0.39, 0.29) is 11.3 Å². The summed E-state index contributed by atoms with van der Waals surface area (Å²) in [5, 5.41) is 16.4. The number of carbonyl (C=O) groups excluding carboxylic acids is 1. The Morgan fingerprint density at radius 1 is 1.03 bits per heavy atom. The molecule has 2 heterocycles. The molecule has 174 valence electrons. The highest BCUT2D eigenvalue weighted by atomic mass is 16.6. The fourth-order valence-electron chi connectivity index (χ4n) is 4.34. The van der Waals surface area contributed by atoms with Crippen molar-refractivity contribution in [2.45, 2.75) is 0 Å². The van der Waals surface area contributed by atoms with Crippen LogP contribution in [0.2, 0.25) is 0 Å². The van der Waals surface area contributed by atoms with Gasteiger partial charge in [-0.25, -0.2) is 0 Å². The van der Waals surface area contributed by atoms with Gasteiger partial charge in [-0.15, -0.1) is 0 Å². The predicted molar refractivity (Wildman–Crippen MR) is 131 cm³/mol. The summed E-state index contributed by atoms with van der Waals surface area (Å²) in [5.41, 5.74) is 2.39. The molecule has 0 bridgehead atoms. The zero-order valence-electron chi connectivity index (χ0n) is 18.9. The first-order valence-corrected chi connectivity index (χ1v) is 11.0. The molecule has 1 aliphatic heterocycles. The third kappa shape index (κ3) is 3.90. The Bertz CT molecular complexity index is 1410. The number of nitro benzene ring substituents is 1. The van der Waals surface area contributed by atoms with Gasteiger partial charge in [-0.05, 0) is 31.3 Å². The number of benzene rings is 3. The quantitative estimate of drug-likeness (QED) is 0.345. The second-order valence-corrected chi connectivity index (χ2v) is 8.35. The number of methoxy groups -OCH3 is 1. The lowest BCUT2D eigenvalue weighted by atomic mass is 10.1. The summed E-state index contributed by atoms with van der Waals surface area (Å²) in [4.78, 5) is 28.6. The average Bonchev–Trinajstić information content (AvgIpc) is 3.21. The molecule has 0 unspecified atom stereocenters. The van der Waals surface area contributed by atoms with Crippen LogP contribution in [-0.2, 0) is 0 Å². The second kappa shape index (κ2) is 8.68. The van der Waals surface area contributed by atoms with Crippen LogP contribution in [0.5, 0.6) is 5.75 Å². The molecule has 0 radical (unpaired) electrons. The number of fused-ring (bicyclic) bond motifs is 3. The van der Waals surface area contributed by atoms with Gasteiger partial charge in [0.25, 0.3) is 11.6 Å². The summed E-state index contributed by atoms with van der Waals surface area (Å²) in [6.07, 6.45) is 0. The van der Waals surface area contributed by atoms with Gasteiger partial charge in [0.05, 0.1) is 17.7 Å². The fraction of sp³-hybridized carbons (Fsp3) is 0.240. The fourth-order valence-corrected chi connectivity index (χ4v) is 4.34. The molecule has 1 aromatic heterocycles. The van der Waals surface area contributed by atoms with Gasteiger partial charge in [-0.2, -0.15) is 0 Å². The van der Waals surface area contributed by atoms with Crippen molar-refractivity contribution in [1.29, 1.82) is 0 Å². The number of hydrogen-bond donors (Lipinski definition) is 1. The minimum atomic E-state index is -0.471. The molecule has 1 N–H and O–H groups in total. The van der Waals surface area contributed by atoms with Crippen molar-refractivity contribution in [3.8, 4) is 5.75 Å².